The molecule has 1 fully saturated rings. The summed E-state index contributed by atoms with van der Waals surface area (Å²) in [6, 6.07) is 14.5. The van der Waals surface area contributed by atoms with Gasteiger partial charge in [0.15, 0.2) is 0 Å². The zero-order valence-electron chi connectivity index (χ0n) is 18.9. The minimum absolute atomic E-state index is 0.0405. The highest BCUT2D eigenvalue weighted by atomic mass is 16.2. The van der Waals surface area contributed by atoms with Crippen LogP contribution in [0, 0.1) is 6.92 Å². The van der Waals surface area contributed by atoms with Gasteiger partial charge in [-0.3, -0.25) is 14.5 Å². The highest BCUT2D eigenvalue weighted by Gasteiger charge is 2.45. The highest BCUT2D eigenvalue weighted by Crippen LogP contribution is 2.44. The van der Waals surface area contributed by atoms with Crippen LogP contribution in [0.15, 0.2) is 60.9 Å². The first kappa shape index (κ1) is 21.2. The van der Waals surface area contributed by atoms with Crippen LogP contribution in [0.3, 0.4) is 0 Å². The van der Waals surface area contributed by atoms with Crippen LogP contribution in [0.4, 0.5) is 17.1 Å². The Morgan fingerprint density at radius 3 is 2.64 bits per heavy atom. The summed E-state index contributed by atoms with van der Waals surface area (Å²) in [7, 11) is 0. The number of nitrogen functional groups attached to an aromatic ring is 1. The van der Waals surface area contributed by atoms with E-state index in [1.54, 1.807) is 34.0 Å². The molecule has 1 atom stereocenters. The summed E-state index contributed by atoms with van der Waals surface area (Å²) >= 11 is 0. The highest BCUT2D eigenvalue weighted by molar-refractivity contribution is 6.11. The second kappa shape index (κ2) is 8.73. The summed E-state index contributed by atoms with van der Waals surface area (Å²) in [6.07, 6.45) is 8.90. The molecule has 1 aromatic heterocycles. The van der Waals surface area contributed by atoms with Crippen molar-refractivity contribution in [1.82, 2.24) is 9.55 Å². The van der Waals surface area contributed by atoms with Crippen LogP contribution in [-0.4, -0.2) is 27.4 Å². The van der Waals surface area contributed by atoms with E-state index in [0.717, 1.165) is 42.8 Å². The monoisotopic (exact) mass is 443 g/mol. The van der Waals surface area contributed by atoms with Gasteiger partial charge in [0.2, 0.25) is 5.91 Å². The van der Waals surface area contributed by atoms with E-state index in [9.17, 15) is 9.59 Å². The fourth-order valence-electron chi connectivity index (χ4n) is 5.19. The Morgan fingerprint density at radius 2 is 1.91 bits per heavy atom. The summed E-state index contributed by atoms with van der Waals surface area (Å²) in [6.45, 7) is 1.95. The maximum Gasteiger partial charge on any atom is 0.255 e. The number of carbonyl (C=O) groups is 2. The first-order chi connectivity index (χ1) is 16.0. The van der Waals surface area contributed by atoms with E-state index >= 15 is 0 Å². The van der Waals surface area contributed by atoms with Gasteiger partial charge in [-0.1, -0.05) is 43.5 Å². The Hall–Kier alpha value is -3.61. The molecule has 0 bridgehead atoms. The zero-order chi connectivity index (χ0) is 22.9. The Bertz CT molecular complexity index is 1180. The summed E-state index contributed by atoms with van der Waals surface area (Å²) in [5.74, 6) is 0.527. The van der Waals surface area contributed by atoms with Crippen LogP contribution in [0.25, 0.3) is 0 Å². The molecule has 7 nitrogen and oxygen atoms in total. The number of carbonyl (C=O) groups excluding carboxylic acids is 2. The van der Waals surface area contributed by atoms with Crippen LogP contribution < -0.4 is 15.5 Å². The van der Waals surface area contributed by atoms with Gasteiger partial charge in [0.1, 0.15) is 18.4 Å². The third kappa shape index (κ3) is 3.88. The van der Waals surface area contributed by atoms with Crippen molar-refractivity contribution in [3.63, 3.8) is 0 Å². The number of anilines is 3. The van der Waals surface area contributed by atoms with Crippen molar-refractivity contribution in [2.45, 2.75) is 57.7 Å². The summed E-state index contributed by atoms with van der Waals surface area (Å²) < 4.78 is 1.80. The van der Waals surface area contributed by atoms with Gasteiger partial charge in [0.25, 0.3) is 5.91 Å². The van der Waals surface area contributed by atoms with Crippen LogP contribution in [0.5, 0.6) is 0 Å². The van der Waals surface area contributed by atoms with E-state index in [0.29, 0.717) is 11.4 Å². The molecular formula is C26H29N5O2. The largest absolute Gasteiger partial charge is 0.399 e. The Kier molecular flexibility index (Phi) is 5.62. The molecule has 1 aliphatic heterocycles. The van der Waals surface area contributed by atoms with Gasteiger partial charge in [-0.25, -0.2) is 4.98 Å². The standard InChI is InChI=1S/C26H29N5O2/c1-18-28-14-15-29(18)17-24(32)31(21-11-7-8-19(27)16-21)25-22-12-5-6-13-23(22)30(26(25)33)20-9-3-2-4-10-20/h5-8,11-16,20,25H,2-4,9-10,17,27H2,1H3. The number of nitrogens with two attached hydrogens (primary N) is 1. The molecule has 2 heterocycles. The van der Waals surface area contributed by atoms with Crippen molar-refractivity contribution in [3.8, 4) is 0 Å². The van der Waals surface area contributed by atoms with Crippen molar-refractivity contribution < 1.29 is 9.59 Å². The number of rotatable bonds is 5. The lowest BCUT2D eigenvalue weighted by Crippen LogP contribution is -2.46. The number of para-hydroxylation sites is 1. The average Bonchev–Trinajstić information content (AvgIpc) is 3.35. The number of benzene rings is 2. The Balaban J connectivity index is 1.58. The zero-order valence-corrected chi connectivity index (χ0v) is 18.9. The van der Waals surface area contributed by atoms with Gasteiger partial charge in [0, 0.05) is 41.1 Å². The van der Waals surface area contributed by atoms with E-state index in [1.807, 2.05) is 48.2 Å². The van der Waals surface area contributed by atoms with Gasteiger partial charge >= 0.3 is 0 Å². The molecule has 1 aliphatic carbocycles. The molecule has 170 valence electrons. The number of aryl methyl sites for hydroxylation is 1. The first-order valence-corrected chi connectivity index (χ1v) is 11.6. The number of aromatic nitrogens is 2. The topological polar surface area (TPSA) is 84.5 Å². The van der Waals surface area contributed by atoms with Gasteiger partial charge in [-0.05, 0) is 44.0 Å². The number of hydrogen-bond acceptors (Lipinski definition) is 4. The lowest BCUT2D eigenvalue weighted by atomic mass is 9.94. The number of amides is 2. The van der Waals surface area contributed by atoms with Gasteiger partial charge in [-0.2, -0.15) is 0 Å². The second-order valence-electron chi connectivity index (χ2n) is 8.92. The molecule has 0 spiro atoms. The summed E-state index contributed by atoms with van der Waals surface area (Å²) in [5.41, 5.74) is 9.03. The lowest BCUT2D eigenvalue weighted by molar-refractivity contribution is -0.125. The third-order valence-electron chi connectivity index (χ3n) is 6.81. The number of hydrogen-bond donors (Lipinski definition) is 1. The lowest BCUT2D eigenvalue weighted by Gasteiger charge is -2.33. The van der Waals surface area contributed by atoms with Crippen molar-refractivity contribution >= 4 is 28.9 Å². The molecule has 33 heavy (non-hydrogen) atoms. The molecule has 2 amide bonds. The first-order valence-electron chi connectivity index (χ1n) is 11.6. The number of fused-ring (bicyclic) bond motifs is 1. The molecule has 1 saturated carbocycles. The molecular weight excluding hydrogens is 414 g/mol. The number of nitrogens with zero attached hydrogens (tertiary/aromatic N) is 4. The van der Waals surface area contributed by atoms with E-state index in [-0.39, 0.29) is 24.4 Å². The van der Waals surface area contributed by atoms with Gasteiger partial charge in [0.05, 0.1) is 0 Å². The summed E-state index contributed by atoms with van der Waals surface area (Å²) in [4.78, 5) is 35.6. The predicted octanol–water partition coefficient (Wildman–Crippen LogP) is 4.23. The maximum atomic E-state index is 14.0. The second-order valence-corrected chi connectivity index (χ2v) is 8.92. The maximum absolute atomic E-state index is 14.0. The Morgan fingerprint density at radius 1 is 1.12 bits per heavy atom. The SMILES string of the molecule is Cc1nccn1CC(=O)N(c1cccc(N)c1)C1C(=O)N(C2CCCCC2)c2ccccc21. The Labute approximate surface area is 193 Å². The van der Waals surface area contributed by atoms with Gasteiger partial charge < -0.3 is 15.2 Å². The normalized spacial score (nSPS) is 18.4. The quantitative estimate of drug-likeness (QED) is 0.598. The van der Waals surface area contributed by atoms with Gasteiger partial charge in [-0.15, -0.1) is 0 Å². The van der Waals surface area contributed by atoms with E-state index in [1.165, 1.54) is 6.42 Å². The molecule has 2 aliphatic rings. The average molecular weight is 444 g/mol. The van der Waals surface area contributed by atoms with Crippen molar-refractivity contribution in [2.24, 2.45) is 0 Å². The molecule has 2 N–H and O–H groups in total. The summed E-state index contributed by atoms with van der Waals surface area (Å²) in [5, 5.41) is 0. The minimum atomic E-state index is -0.721. The molecule has 0 radical (unpaired) electrons. The van der Waals surface area contributed by atoms with E-state index in [4.69, 9.17) is 5.73 Å². The predicted molar refractivity (Wildman–Crippen MR) is 129 cm³/mol. The van der Waals surface area contributed by atoms with Crippen molar-refractivity contribution in [2.75, 3.05) is 15.5 Å². The fraction of sp³-hybridized carbons (Fsp3) is 0.346. The van der Waals surface area contributed by atoms with E-state index in [2.05, 4.69) is 4.98 Å². The smallest absolute Gasteiger partial charge is 0.255 e. The minimum Gasteiger partial charge on any atom is -0.399 e. The molecule has 0 saturated heterocycles. The fourth-order valence-corrected chi connectivity index (χ4v) is 5.19. The molecule has 5 rings (SSSR count). The van der Waals surface area contributed by atoms with Crippen molar-refractivity contribution in [3.05, 3.63) is 72.3 Å². The van der Waals surface area contributed by atoms with Crippen LogP contribution in [0.1, 0.15) is 49.5 Å². The molecule has 2 aromatic carbocycles. The van der Waals surface area contributed by atoms with Crippen LogP contribution in [-0.2, 0) is 16.1 Å². The third-order valence-corrected chi connectivity index (χ3v) is 6.81. The van der Waals surface area contributed by atoms with Crippen molar-refractivity contribution in [1.29, 1.82) is 0 Å². The van der Waals surface area contributed by atoms with Crippen LogP contribution in [0.2, 0.25) is 0 Å². The number of imidazole rings is 1. The molecule has 7 heteroatoms. The van der Waals surface area contributed by atoms with E-state index < -0.39 is 6.04 Å². The van der Waals surface area contributed by atoms with Crippen LogP contribution >= 0.6 is 0 Å². The molecule has 1 unspecified atom stereocenters. The molecule has 3 aromatic rings.